The molecule has 0 amide bonds. The largest absolute Gasteiger partial charge is 0.453 e. The van der Waals surface area contributed by atoms with Crippen molar-refractivity contribution in [2.75, 3.05) is 0 Å². The fraction of sp³-hybridized carbons (Fsp3) is 0.0909. The van der Waals surface area contributed by atoms with Crippen LogP contribution in [0.4, 0.5) is 0 Å². The van der Waals surface area contributed by atoms with Crippen LogP contribution in [0.1, 0.15) is 5.69 Å². The molecular formula is C11H8N2O. The van der Waals surface area contributed by atoms with Crippen molar-refractivity contribution in [1.82, 2.24) is 9.97 Å². The van der Waals surface area contributed by atoms with E-state index in [1.807, 2.05) is 25.1 Å². The average Bonchev–Trinajstić information content (AvgIpc) is 2.56. The van der Waals surface area contributed by atoms with Crippen molar-refractivity contribution >= 4 is 22.1 Å². The van der Waals surface area contributed by atoms with Crippen LogP contribution >= 0.6 is 0 Å². The lowest BCUT2D eigenvalue weighted by molar-refractivity contribution is 0.666. The van der Waals surface area contributed by atoms with Crippen LogP contribution in [0.15, 0.2) is 35.0 Å². The number of pyridine rings is 2. The summed E-state index contributed by atoms with van der Waals surface area (Å²) >= 11 is 0. The van der Waals surface area contributed by atoms with Crippen molar-refractivity contribution in [1.29, 1.82) is 0 Å². The minimum Gasteiger partial charge on any atom is -0.453 e. The van der Waals surface area contributed by atoms with Crippen LogP contribution in [0.2, 0.25) is 0 Å². The third-order valence-electron chi connectivity index (χ3n) is 2.26. The maximum absolute atomic E-state index is 5.58. The molecule has 3 heteroatoms. The number of nitrogens with zero attached hydrogens (tertiary/aromatic N) is 2. The van der Waals surface area contributed by atoms with E-state index in [-0.39, 0.29) is 0 Å². The molecule has 0 aliphatic heterocycles. The Balaban J connectivity index is 2.58. The Bertz CT molecular complexity index is 613. The summed E-state index contributed by atoms with van der Waals surface area (Å²) < 4.78 is 5.58. The number of hydrogen-bond donors (Lipinski definition) is 0. The van der Waals surface area contributed by atoms with Gasteiger partial charge in [0.1, 0.15) is 5.52 Å². The first-order chi connectivity index (χ1) is 6.84. The Morgan fingerprint density at radius 3 is 3.00 bits per heavy atom. The molecule has 0 radical (unpaired) electrons. The van der Waals surface area contributed by atoms with E-state index in [2.05, 4.69) is 9.97 Å². The highest BCUT2D eigenvalue weighted by Gasteiger charge is 2.06. The van der Waals surface area contributed by atoms with Crippen molar-refractivity contribution in [3.63, 3.8) is 0 Å². The van der Waals surface area contributed by atoms with Gasteiger partial charge in [0.05, 0.1) is 6.20 Å². The molecule has 0 N–H and O–H groups in total. The molecule has 0 aliphatic rings. The van der Waals surface area contributed by atoms with E-state index < -0.39 is 0 Å². The van der Waals surface area contributed by atoms with Gasteiger partial charge in [-0.3, -0.25) is 4.98 Å². The summed E-state index contributed by atoms with van der Waals surface area (Å²) in [5.74, 6) is 0. The molecule has 14 heavy (non-hydrogen) atoms. The normalized spacial score (nSPS) is 11.2. The molecule has 3 aromatic rings. The van der Waals surface area contributed by atoms with E-state index in [1.165, 1.54) is 0 Å². The average molecular weight is 184 g/mol. The summed E-state index contributed by atoms with van der Waals surface area (Å²) in [5, 5.41) is 1.03. The van der Waals surface area contributed by atoms with Gasteiger partial charge in [0, 0.05) is 17.3 Å². The highest BCUT2D eigenvalue weighted by molar-refractivity contribution is 6.01. The second kappa shape index (κ2) is 2.54. The van der Waals surface area contributed by atoms with Crippen molar-refractivity contribution in [2.45, 2.75) is 6.92 Å². The minimum absolute atomic E-state index is 0.792. The fourth-order valence-electron chi connectivity index (χ4n) is 1.59. The third-order valence-corrected chi connectivity index (χ3v) is 2.26. The Morgan fingerprint density at radius 2 is 2.07 bits per heavy atom. The molecule has 3 heterocycles. The zero-order valence-electron chi connectivity index (χ0n) is 7.69. The van der Waals surface area contributed by atoms with Crippen molar-refractivity contribution < 1.29 is 4.42 Å². The fourth-order valence-corrected chi connectivity index (χ4v) is 1.59. The van der Waals surface area contributed by atoms with E-state index in [0.717, 1.165) is 27.8 Å². The lowest BCUT2D eigenvalue weighted by Gasteiger charge is -1.90. The molecule has 0 fully saturated rings. The van der Waals surface area contributed by atoms with E-state index >= 15 is 0 Å². The maximum atomic E-state index is 5.58. The van der Waals surface area contributed by atoms with E-state index in [4.69, 9.17) is 4.42 Å². The lowest BCUT2D eigenvalue weighted by Crippen LogP contribution is -1.78. The second-order valence-electron chi connectivity index (χ2n) is 3.27. The smallest absolute Gasteiger partial charge is 0.155 e. The van der Waals surface area contributed by atoms with Crippen LogP contribution < -0.4 is 0 Å². The molecule has 0 bridgehead atoms. The molecule has 0 saturated heterocycles. The molecule has 3 aromatic heterocycles. The predicted octanol–water partition coefficient (Wildman–Crippen LogP) is 2.68. The topological polar surface area (TPSA) is 38.9 Å². The van der Waals surface area contributed by atoms with E-state index in [9.17, 15) is 0 Å². The SMILES string of the molecule is Cc1ccc2oc3cnccc3c2n1. The zero-order valence-corrected chi connectivity index (χ0v) is 7.69. The van der Waals surface area contributed by atoms with Gasteiger partial charge in [0.25, 0.3) is 0 Å². The van der Waals surface area contributed by atoms with Crippen molar-refractivity contribution in [3.8, 4) is 0 Å². The Morgan fingerprint density at radius 1 is 1.14 bits per heavy atom. The van der Waals surface area contributed by atoms with Gasteiger partial charge < -0.3 is 4.42 Å². The lowest BCUT2D eigenvalue weighted by atomic mass is 10.2. The number of fused-ring (bicyclic) bond motifs is 3. The molecule has 3 nitrogen and oxygen atoms in total. The molecule has 0 unspecified atom stereocenters. The Hall–Kier alpha value is -1.90. The van der Waals surface area contributed by atoms with Crippen LogP contribution in [-0.2, 0) is 0 Å². The highest BCUT2D eigenvalue weighted by Crippen LogP contribution is 2.25. The molecule has 0 saturated carbocycles. The molecule has 0 aliphatic carbocycles. The number of aryl methyl sites for hydroxylation is 1. The standard InChI is InChI=1S/C11H8N2O/c1-7-2-3-9-11(13-7)8-4-5-12-6-10(8)14-9/h2-6H,1H3. The first kappa shape index (κ1) is 7.50. The van der Waals surface area contributed by atoms with Crippen LogP contribution in [0, 0.1) is 6.92 Å². The third kappa shape index (κ3) is 0.923. The predicted molar refractivity (Wildman–Crippen MR) is 54.0 cm³/mol. The minimum atomic E-state index is 0.792. The molecule has 0 atom stereocenters. The Kier molecular flexibility index (Phi) is 1.36. The van der Waals surface area contributed by atoms with Gasteiger partial charge in [-0.05, 0) is 25.1 Å². The molecular weight excluding hydrogens is 176 g/mol. The summed E-state index contributed by atoms with van der Waals surface area (Å²) in [6, 6.07) is 5.81. The Labute approximate surface area is 80.4 Å². The van der Waals surface area contributed by atoms with Crippen LogP contribution in [0.3, 0.4) is 0 Å². The highest BCUT2D eigenvalue weighted by atomic mass is 16.3. The van der Waals surface area contributed by atoms with Gasteiger partial charge in [-0.1, -0.05) is 0 Å². The molecule has 0 spiro atoms. The van der Waals surface area contributed by atoms with Crippen LogP contribution in [0.5, 0.6) is 0 Å². The van der Waals surface area contributed by atoms with Crippen molar-refractivity contribution in [3.05, 3.63) is 36.3 Å². The number of aromatic nitrogens is 2. The quantitative estimate of drug-likeness (QED) is 0.539. The van der Waals surface area contributed by atoms with Crippen molar-refractivity contribution in [2.24, 2.45) is 0 Å². The summed E-state index contributed by atoms with van der Waals surface area (Å²) in [7, 11) is 0. The first-order valence-electron chi connectivity index (χ1n) is 4.44. The molecule has 3 rings (SSSR count). The second-order valence-corrected chi connectivity index (χ2v) is 3.27. The van der Waals surface area contributed by atoms with Gasteiger partial charge in [-0.15, -0.1) is 0 Å². The van der Waals surface area contributed by atoms with Gasteiger partial charge in [0.15, 0.2) is 11.2 Å². The number of hydrogen-bond acceptors (Lipinski definition) is 3. The van der Waals surface area contributed by atoms with Gasteiger partial charge in [0.2, 0.25) is 0 Å². The van der Waals surface area contributed by atoms with Crippen LogP contribution in [0.25, 0.3) is 22.1 Å². The van der Waals surface area contributed by atoms with Gasteiger partial charge >= 0.3 is 0 Å². The summed E-state index contributed by atoms with van der Waals surface area (Å²) in [6.07, 6.45) is 3.47. The monoisotopic (exact) mass is 184 g/mol. The summed E-state index contributed by atoms with van der Waals surface area (Å²) in [6.45, 7) is 1.97. The van der Waals surface area contributed by atoms with Gasteiger partial charge in [-0.2, -0.15) is 0 Å². The van der Waals surface area contributed by atoms with Crippen LogP contribution in [-0.4, -0.2) is 9.97 Å². The maximum Gasteiger partial charge on any atom is 0.155 e. The van der Waals surface area contributed by atoms with Gasteiger partial charge in [-0.25, -0.2) is 4.98 Å². The first-order valence-corrected chi connectivity index (χ1v) is 4.44. The van der Waals surface area contributed by atoms with E-state index in [0.29, 0.717) is 0 Å². The molecule has 68 valence electrons. The van der Waals surface area contributed by atoms with E-state index in [1.54, 1.807) is 12.4 Å². The summed E-state index contributed by atoms with van der Waals surface area (Å²) in [4.78, 5) is 8.45. The number of furan rings is 1. The molecule has 0 aromatic carbocycles. The summed E-state index contributed by atoms with van der Waals surface area (Å²) in [5.41, 5.74) is 3.53. The zero-order chi connectivity index (χ0) is 9.54. The number of rotatable bonds is 0.